The molecule has 4 atom stereocenters. The van der Waals surface area contributed by atoms with Crippen LogP contribution in [0.3, 0.4) is 0 Å². The highest BCUT2D eigenvalue weighted by molar-refractivity contribution is 7.21. The van der Waals surface area contributed by atoms with Crippen molar-refractivity contribution in [1.82, 2.24) is 15.0 Å². The van der Waals surface area contributed by atoms with Gasteiger partial charge in [-0.3, -0.25) is 0 Å². The van der Waals surface area contributed by atoms with Crippen molar-refractivity contribution in [2.45, 2.75) is 51.6 Å². The lowest BCUT2D eigenvalue weighted by Crippen LogP contribution is -2.36. The number of halogens is 3. The molecule has 1 aliphatic carbocycles. The van der Waals surface area contributed by atoms with Gasteiger partial charge in [0.25, 0.3) is 0 Å². The highest BCUT2D eigenvalue weighted by atomic mass is 32.1. The maximum atomic E-state index is 12.7. The van der Waals surface area contributed by atoms with Gasteiger partial charge in [-0.15, -0.1) is 11.3 Å². The van der Waals surface area contributed by atoms with Gasteiger partial charge in [0.1, 0.15) is 23.5 Å². The van der Waals surface area contributed by atoms with Crippen LogP contribution in [0.25, 0.3) is 20.8 Å². The molecule has 2 heterocycles. The van der Waals surface area contributed by atoms with E-state index < -0.39 is 36.9 Å². The first kappa shape index (κ1) is 24.6. The van der Waals surface area contributed by atoms with Gasteiger partial charge in [0.05, 0.1) is 33.6 Å². The Morgan fingerprint density at radius 3 is 2.41 bits per heavy atom. The zero-order valence-electron chi connectivity index (χ0n) is 18.8. The average Bonchev–Trinajstić information content (AvgIpc) is 3.27. The molecule has 34 heavy (non-hydrogen) atoms. The molecule has 4 rings (SSSR count). The van der Waals surface area contributed by atoms with E-state index in [-0.39, 0.29) is 24.8 Å². The van der Waals surface area contributed by atoms with Gasteiger partial charge < -0.3 is 26.0 Å². The third kappa shape index (κ3) is 4.95. The number of hydrogen-bond donors (Lipinski definition) is 5. The number of fused-ring (bicyclic) bond motifs is 1. The van der Waals surface area contributed by atoms with Gasteiger partial charge in [0.15, 0.2) is 0 Å². The highest BCUT2D eigenvalue weighted by Crippen LogP contribution is 2.38. The first-order chi connectivity index (χ1) is 16.0. The fourth-order valence-electron chi connectivity index (χ4n) is 4.10. The quantitative estimate of drug-likeness (QED) is 0.352. The predicted molar refractivity (Wildman–Crippen MR) is 124 cm³/mol. The second kappa shape index (κ2) is 9.25. The molecule has 1 saturated carbocycles. The van der Waals surface area contributed by atoms with Crippen LogP contribution in [0.2, 0.25) is 0 Å². The van der Waals surface area contributed by atoms with E-state index in [2.05, 4.69) is 20.6 Å². The van der Waals surface area contributed by atoms with Crippen LogP contribution < -0.4 is 10.6 Å². The van der Waals surface area contributed by atoms with Crippen molar-refractivity contribution in [3.63, 3.8) is 0 Å². The van der Waals surface area contributed by atoms with Crippen molar-refractivity contribution < 1.29 is 28.5 Å². The molecule has 0 saturated heterocycles. The van der Waals surface area contributed by atoms with E-state index >= 15 is 0 Å². The minimum absolute atomic E-state index is 0.194. The topological polar surface area (TPSA) is 123 Å². The maximum absolute atomic E-state index is 12.7. The molecule has 184 valence electrons. The van der Waals surface area contributed by atoms with Crippen LogP contribution in [0, 0.1) is 26.7 Å². The van der Waals surface area contributed by atoms with Crippen molar-refractivity contribution in [1.29, 1.82) is 0 Å². The number of nitrogens with zero attached hydrogens (tertiary/aromatic N) is 3. The average molecular weight is 498 g/mol. The van der Waals surface area contributed by atoms with Crippen LogP contribution >= 0.6 is 11.3 Å². The van der Waals surface area contributed by atoms with Crippen molar-refractivity contribution in [3.8, 4) is 10.6 Å². The van der Waals surface area contributed by atoms with Gasteiger partial charge >= 0.3 is 6.18 Å². The molecule has 0 bridgehead atoms. The Bertz CT molecular complexity index is 1160. The van der Waals surface area contributed by atoms with Gasteiger partial charge in [0.2, 0.25) is 5.95 Å². The molecule has 1 fully saturated rings. The number of benzene rings is 1. The molecule has 0 aliphatic heterocycles. The lowest BCUT2D eigenvalue weighted by molar-refractivity contribution is -0.115. The van der Waals surface area contributed by atoms with E-state index in [0.29, 0.717) is 16.3 Å². The summed E-state index contributed by atoms with van der Waals surface area (Å²) in [5, 5.41) is 36.0. The number of rotatable bonds is 6. The number of thiazole rings is 1. The number of aromatic nitrogens is 3. The molecule has 5 N–H and O–H groups in total. The smallest absolute Gasteiger partial charge is 0.396 e. The summed E-state index contributed by atoms with van der Waals surface area (Å²) in [6.07, 6.45) is -6.52. The van der Waals surface area contributed by atoms with E-state index in [1.807, 2.05) is 26.0 Å². The Balaban J connectivity index is 1.77. The van der Waals surface area contributed by atoms with Crippen LogP contribution in [0.4, 0.5) is 24.9 Å². The molecule has 0 amide bonds. The molecule has 0 radical (unpaired) electrons. The summed E-state index contributed by atoms with van der Waals surface area (Å²) < 4.78 is 39.2. The summed E-state index contributed by atoms with van der Waals surface area (Å²) in [5.74, 6) is -0.560. The molecule has 2 aromatic heterocycles. The summed E-state index contributed by atoms with van der Waals surface area (Å²) in [6, 6.07) is 3.32. The Morgan fingerprint density at radius 2 is 1.76 bits per heavy atom. The zero-order chi connectivity index (χ0) is 24.8. The number of aliphatic hydroxyl groups excluding tert-OH is 3. The third-order valence-electron chi connectivity index (χ3n) is 6.11. The summed E-state index contributed by atoms with van der Waals surface area (Å²) in [7, 11) is 0. The van der Waals surface area contributed by atoms with Crippen molar-refractivity contribution in [2.24, 2.45) is 5.92 Å². The lowest BCUT2D eigenvalue weighted by atomic mass is 10.1. The molecular weight excluding hydrogens is 471 g/mol. The van der Waals surface area contributed by atoms with E-state index in [4.69, 9.17) is 4.98 Å². The standard InChI is InChI=1S/C22H26F3N5O3S/c1-9-4-13-15(5-10(9)2)34-20(29-13)16-11(3)27-21(26-8-22(23,24)25)30-19(16)28-14-6-12(7-31)17(32)18(14)33/h4-5,12,14,17-18,31-33H,6-8H2,1-3H3,(H2,26,27,28,30)/t12-,14-,17-,18+/m1/s1. The molecule has 12 heteroatoms. The summed E-state index contributed by atoms with van der Waals surface area (Å²) in [6.45, 7) is 4.03. The molecule has 3 aromatic rings. The molecule has 0 unspecified atom stereocenters. The van der Waals surface area contributed by atoms with E-state index in [1.54, 1.807) is 6.92 Å². The van der Waals surface area contributed by atoms with Crippen molar-refractivity contribution in [3.05, 3.63) is 29.0 Å². The van der Waals surface area contributed by atoms with E-state index in [9.17, 15) is 28.5 Å². The maximum Gasteiger partial charge on any atom is 0.405 e. The molecule has 8 nitrogen and oxygen atoms in total. The predicted octanol–water partition coefficient (Wildman–Crippen LogP) is 3.17. The van der Waals surface area contributed by atoms with E-state index in [1.165, 1.54) is 11.3 Å². The second-order valence-corrected chi connectivity index (χ2v) is 9.69. The van der Waals surface area contributed by atoms with Gasteiger partial charge in [-0.1, -0.05) is 0 Å². The number of aliphatic hydroxyl groups is 3. The minimum Gasteiger partial charge on any atom is -0.396 e. The normalized spacial score (nSPS) is 23.0. The Morgan fingerprint density at radius 1 is 1.06 bits per heavy atom. The number of alkyl halides is 3. The van der Waals surface area contributed by atoms with Crippen LogP contribution in [0.15, 0.2) is 12.1 Å². The number of aryl methyl sites for hydroxylation is 3. The SMILES string of the molecule is Cc1cc2nc(-c3c(C)nc(NCC(F)(F)F)nc3N[C@@H]3C[C@H](CO)[C@@H](O)[C@H]3O)sc2cc1C. The Hall–Kier alpha value is -2.54. The second-order valence-electron chi connectivity index (χ2n) is 8.66. The van der Waals surface area contributed by atoms with Crippen LogP contribution in [0.5, 0.6) is 0 Å². The molecule has 0 spiro atoms. The number of anilines is 2. The van der Waals surface area contributed by atoms with Gasteiger partial charge in [-0.05, 0) is 50.5 Å². The Kier molecular flexibility index (Phi) is 6.69. The largest absolute Gasteiger partial charge is 0.405 e. The fourth-order valence-corrected chi connectivity index (χ4v) is 5.25. The van der Waals surface area contributed by atoms with Gasteiger partial charge in [-0.2, -0.15) is 18.2 Å². The summed E-state index contributed by atoms with van der Waals surface area (Å²) >= 11 is 1.41. The van der Waals surface area contributed by atoms with Gasteiger partial charge in [-0.25, -0.2) is 9.97 Å². The molecular formula is C22H26F3N5O3S. The first-order valence-corrected chi connectivity index (χ1v) is 11.6. The summed E-state index contributed by atoms with van der Waals surface area (Å²) in [5.41, 5.74) is 3.88. The number of hydrogen-bond acceptors (Lipinski definition) is 9. The van der Waals surface area contributed by atoms with Gasteiger partial charge in [0, 0.05) is 12.5 Å². The van der Waals surface area contributed by atoms with Crippen molar-refractivity contribution in [2.75, 3.05) is 23.8 Å². The molecule has 1 aromatic carbocycles. The first-order valence-electron chi connectivity index (χ1n) is 10.8. The van der Waals surface area contributed by atoms with Crippen LogP contribution in [-0.4, -0.2) is 67.8 Å². The Labute approximate surface area is 197 Å². The van der Waals surface area contributed by atoms with Crippen molar-refractivity contribution >= 4 is 33.3 Å². The number of nitrogens with one attached hydrogen (secondary N) is 2. The van der Waals surface area contributed by atoms with Crippen LogP contribution in [0.1, 0.15) is 23.2 Å². The lowest BCUT2D eigenvalue weighted by Gasteiger charge is -2.21. The van der Waals surface area contributed by atoms with E-state index in [0.717, 1.165) is 21.3 Å². The summed E-state index contributed by atoms with van der Waals surface area (Å²) in [4.78, 5) is 13.2. The minimum atomic E-state index is -4.45. The fraction of sp³-hybridized carbons (Fsp3) is 0.500. The molecule has 1 aliphatic rings. The highest BCUT2D eigenvalue weighted by Gasteiger charge is 2.41. The van der Waals surface area contributed by atoms with Crippen LogP contribution in [-0.2, 0) is 0 Å². The third-order valence-corrected chi connectivity index (χ3v) is 7.15. The monoisotopic (exact) mass is 497 g/mol. The zero-order valence-corrected chi connectivity index (χ0v) is 19.6.